The Bertz CT molecular complexity index is 1470. The van der Waals surface area contributed by atoms with Crippen molar-refractivity contribution in [3.63, 3.8) is 0 Å². The van der Waals surface area contributed by atoms with Gasteiger partial charge < -0.3 is 14.8 Å². The summed E-state index contributed by atoms with van der Waals surface area (Å²) < 4.78 is 12.6. The van der Waals surface area contributed by atoms with Crippen molar-refractivity contribution in [1.29, 1.82) is 0 Å². The summed E-state index contributed by atoms with van der Waals surface area (Å²) in [6.07, 6.45) is 0. The number of hydrogen-bond donors (Lipinski definition) is 1. The molecule has 0 aliphatic rings. The van der Waals surface area contributed by atoms with Crippen LogP contribution < -0.4 is 14.8 Å². The zero-order valence-corrected chi connectivity index (χ0v) is 19.2. The second-order valence-electron chi connectivity index (χ2n) is 7.64. The molecule has 1 atom stereocenters. The third-order valence-electron chi connectivity index (χ3n) is 5.61. The number of nitrogens with zero attached hydrogens (tertiary/aromatic N) is 4. The molecule has 0 unspecified atom stereocenters. The lowest BCUT2D eigenvalue weighted by Gasteiger charge is -2.18. The summed E-state index contributed by atoms with van der Waals surface area (Å²) in [5, 5.41) is 13.9. The maximum atomic E-state index is 6.22. The van der Waals surface area contributed by atoms with E-state index >= 15 is 0 Å². The van der Waals surface area contributed by atoms with Crippen molar-refractivity contribution in [1.82, 2.24) is 19.8 Å². The molecule has 0 aliphatic carbocycles. The van der Waals surface area contributed by atoms with E-state index in [2.05, 4.69) is 22.6 Å². The van der Waals surface area contributed by atoms with Gasteiger partial charge in [0.25, 0.3) is 0 Å². The zero-order valence-electron chi connectivity index (χ0n) is 18.4. The first-order chi connectivity index (χ1) is 16.1. The van der Waals surface area contributed by atoms with Gasteiger partial charge >= 0.3 is 0 Å². The number of anilines is 1. The van der Waals surface area contributed by atoms with Gasteiger partial charge in [0.1, 0.15) is 11.5 Å². The van der Waals surface area contributed by atoms with Crippen LogP contribution in [0.5, 0.6) is 11.5 Å². The van der Waals surface area contributed by atoms with E-state index in [1.54, 1.807) is 18.7 Å². The molecule has 5 aromatic rings. The van der Waals surface area contributed by atoms with Gasteiger partial charge in [0.2, 0.25) is 0 Å². The minimum absolute atomic E-state index is 0.0475. The molecule has 33 heavy (non-hydrogen) atoms. The number of nitrogens with one attached hydrogen (secondary N) is 1. The Hall–Kier alpha value is -3.84. The van der Waals surface area contributed by atoms with Gasteiger partial charge in [-0.1, -0.05) is 47.1 Å². The Morgan fingerprint density at radius 3 is 2.55 bits per heavy atom. The van der Waals surface area contributed by atoms with Crippen molar-refractivity contribution >= 4 is 34.0 Å². The van der Waals surface area contributed by atoms with Crippen LogP contribution in [0.4, 0.5) is 5.82 Å². The Labute approximate surface area is 195 Å². The van der Waals surface area contributed by atoms with E-state index in [-0.39, 0.29) is 6.04 Å². The summed E-state index contributed by atoms with van der Waals surface area (Å²) in [6, 6.07) is 21.4. The van der Waals surface area contributed by atoms with E-state index in [1.807, 2.05) is 66.7 Å². The predicted molar refractivity (Wildman–Crippen MR) is 130 cm³/mol. The normalized spacial score (nSPS) is 12.1. The zero-order chi connectivity index (χ0) is 22.9. The van der Waals surface area contributed by atoms with Gasteiger partial charge in [0.15, 0.2) is 17.1 Å². The van der Waals surface area contributed by atoms with E-state index < -0.39 is 0 Å². The van der Waals surface area contributed by atoms with E-state index in [1.165, 1.54) is 0 Å². The minimum Gasteiger partial charge on any atom is -0.493 e. The van der Waals surface area contributed by atoms with Crippen molar-refractivity contribution in [3.8, 4) is 22.8 Å². The Kier molecular flexibility index (Phi) is 5.48. The number of rotatable bonds is 6. The SMILES string of the molecule is COc1ccc([C@@H](C)Nc2nc3c(-c4cccc(Cl)c4)nnn3c3ccccc23)cc1OC. The first kappa shape index (κ1) is 21.0. The molecule has 0 amide bonds. The maximum absolute atomic E-state index is 6.22. The summed E-state index contributed by atoms with van der Waals surface area (Å²) in [7, 11) is 3.26. The lowest BCUT2D eigenvalue weighted by Crippen LogP contribution is -2.10. The van der Waals surface area contributed by atoms with Crippen LogP contribution >= 0.6 is 11.6 Å². The number of aromatic nitrogens is 4. The molecule has 3 aromatic carbocycles. The standard InChI is InChI=1S/C25H22ClN5O2/c1-15(16-11-12-21(32-2)22(14-16)33-3)27-24-19-9-4-5-10-20(19)31-25(28-24)23(29-30-31)17-7-6-8-18(26)13-17/h4-15H,1-3H3,(H,27,28)/t15-/m1/s1. The molecule has 1 N–H and O–H groups in total. The van der Waals surface area contributed by atoms with Crippen LogP contribution in [0.3, 0.4) is 0 Å². The molecule has 0 spiro atoms. The number of halogens is 1. The second-order valence-corrected chi connectivity index (χ2v) is 8.08. The largest absolute Gasteiger partial charge is 0.493 e. The van der Waals surface area contributed by atoms with Crippen molar-refractivity contribution < 1.29 is 9.47 Å². The van der Waals surface area contributed by atoms with Crippen LogP contribution in [0.1, 0.15) is 18.5 Å². The third-order valence-corrected chi connectivity index (χ3v) is 5.85. The molecule has 166 valence electrons. The first-order valence-electron chi connectivity index (χ1n) is 10.5. The van der Waals surface area contributed by atoms with Gasteiger partial charge in [-0.2, -0.15) is 4.52 Å². The van der Waals surface area contributed by atoms with Crippen molar-refractivity contribution in [2.24, 2.45) is 0 Å². The highest BCUT2D eigenvalue weighted by Gasteiger charge is 2.18. The van der Waals surface area contributed by atoms with Crippen LogP contribution in [0.15, 0.2) is 66.7 Å². The average molecular weight is 460 g/mol. The van der Waals surface area contributed by atoms with Crippen molar-refractivity contribution in [3.05, 3.63) is 77.3 Å². The highest BCUT2D eigenvalue weighted by molar-refractivity contribution is 6.30. The number of benzene rings is 3. The van der Waals surface area contributed by atoms with E-state index in [4.69, 9.17) is 26.1 Å². The van der Waals surface area contributed by atoms with Crippen LogP contribution in [-0.4, -0.2) is 34.0 Å². The fourth-order valence-corrected chi connectivity index (χ4v) is 4.10. The van der Waals surface area contributed by atoms with Gasteiger partial charge in [-0.15, -0.1) is 5.10 Å². The van der Waals surface area contributed by atoms with Gasteiger partial charge in [0, 0.05) is 16.0 Å². The molecular weight excluding hydrogens is 438 g/mol. The topological polar surface area (TPSA) is 73.6 Å². The molecule has 0 radical (unpaired) electrons. The monoisotopic (exact) mass is 459 g/mol. The Balaban J connectivity index is 1.62. The van der Waals surface area contributed by atoms with E-state index in [0.717, 1.165) is 27.8 Å². The average Bonchev–Trinajstić information content (AvgIpc) is 3.27. The summed E-state index contributed by atoms with van der Waals surface area (Å²) in [6.45, 7) is 2.08. The number of methoxy groups -OCH3 is 2. The van der Waals surface area contributed by atoms with Gasteiger partial charge in [-0.05, 0) is 48.9 Å². The molecule has 2 aromatic heterocycles. The van der Waals surface area contributed by atoms with Crippen molar-refractivity contribution in [2.75, 3.05) is 19.5 Å². The molecule has 0 saturated carbocycles. The highest BCUT2D eigenvalue weighted by atomic mass is 35.5. The first-order valence-corrected chi connectivity index (χ1v) is 10.9. The Morgan fingerprint density at radius 1 is 0.939 bits per heavy atom. The van der Waals surface area contributed by atoms with E-state index in [0.29, 0.717) is 27.9 Å². The fourth-order valence-electron chi connectivity index (χ4n) is 3.91. The van der Waals surface area contributed by atoms with Gasteiger partial charge in [-0.25, -0.2) is 4.98 Å². The summed E-state index contributed by atoms with van der Waals surface area (Å²) >= 11 is 6.22. The molecule has 0 bridgehead atoms. The molecular formula is C25H22ClN5O2. The minimum atomic E-state index is -0.0475. The maximum Gasteiger partial charge on any atom is 0.186 e. The molecule has 2 heterocycles. The van der Waals surface area contributed by atoms with Crippen molar-refractivity contribution in [2.45, 2.75) is 13.0 Å². The molecule has 0 saturated heterocycles. The fraction of sp³-hybridized carbons (Fsp3) is 0.160. The number of para-hydroxylation sites is 1. The molecule has 0 fully saturated rings. The molecule has 5 rings (SSSR count). The van der Waals surface area contributed by atoms with E-state index in [9.17, 15) is 0 Å². The lowest BCUT2D eigenvalue weighted by molar-refractivity contribution is 0.354. The third kappa shape index (κ3) is 3.81. The van der Waals surface area contributed by atoms with Crippen LogP contribution in [0.2, 0.25) is 5.02 Å². The second kappa shape index (κ2) is 8.60. The predicted octanol–water partition coefficient (Wildman–Crippen LogP) is 5.79. The lowest BCUT2D eigenvalue weighted by atomic mass is 10.1. The van der Waals surface area contributed by atoms with Crippen LogP contribution in [0.25, 0.3) is 27.8 Å². The molecule has 7 nitrogen and oxygen atoms in total. The highest BCUT2D eigenvalue weighted by Crippen LogP contribution is 2.33. The number of fused-ring (bicyclic) bond motifs is 3. The Morgan fingerprint density at radius 2 is 1.76 bits per heavy atom. The van der Waals surface area contributed by atoms with Gasteiger partial charge in [-0.3, -0.25) is 0 Å². The summed E-state index contributed by atoms with van der Waals surface area (Å²) in [5.74, 6) is 2.11. The van der Waals surface area contributed by atoms with Crippen LogP contribution in [0, 0.1) is 0 Å². The molecule has 0 aliphatic heterocycles. The van der Waals surface area contributed by atoms with Gasteiger partial charge in [0.05, 0.1) is 25.8 Å². The number of hydrogen-bond acceptors (Lipinski definition) is 6. The number of ether oxygens (including phenoxy) is 2. The smallest absolute Gasteiger partial charge is 0.186 e. The quantitative estimate of drug-likeness (QED) is 0.346. The van der Waals surface area contributed by atoms with Crippen LogP contribution in [-0.2, 0) is 0 Å². The molecule has 8 heteroatoms. The summed E-state index contributed by atoms with van der Waals surface area (Å²) in [5.41, 5.74) is 4.13. The summed E-state index contributed by atoms with van der Waals surface area (Å²) in [4.78, 5) is 4.94.